The van der Waals surface area contributed by atoms with E-state index in [1.165, 1.54) is 17.9 Å². The van der Waals surface area contributed by atoms with Crippen LogP contribution in [-0.4, -0.2) is 59.7 Å². The van der Waals surface area contributed by atoms with Crippen LogP contribution in [0.5, 0.6) is 5.75 Å². The van der Waals surface area contributed by atoms with Gasteiger partial charge in [-0.05, 0) is 13.0 Å². The number of alkyl halides is 1. The first-order valence-corrected chi connectivity index (χ1v) is 10.2. The van der Waals surface area contributed by atoms with Crippen molar-refractivity contribution in [2.24, 2.45) is 0 Å². The van der Waals surface area contributed by atoms with E-state index in [0.717, 1.165) is 0 Å². The molecule has 3 rings (SSSR count). The lowest BCUT2D eigenvalue weighted by atomic mass is 10.1. The molecule has 1 amide bonds. The van der Waals surface area contributed by atoms with Gasteiger partial charge < -0.3 is 14.5 Å². The van der Waals surface area contributed by atoms with Gasteiger partial charge in [-0.25, -0.2) is 4.39 Å². The van der Waals surface area contributed by atoms with Crippen LogP contribution in [0.4, 0.5) is 10.1 Å². The molecule has 2 aromatic rings. The van der Waals surface area contributed by atoms with Crippen LogP contribution < -0.4 is 9.64 Å². The summed E-state index contributed by atoms with van der Waals surface area (Å²) in [5.74, 6) is -0.485. The number of hydrogen-bond donors (Lipinski definition) is 0. The normalized spacial score (nSPS) is 13.8. The predicted molar refractivity (Wildman–Crippen MR) is 114 cm³/mol. The number of carbonyl (C=O) groups excluding carboxylic acids is 2. The van der Waals surface area contributed by atoms with E-state index in [0.29, 0.717) is 43.3 Å². The standard InChI is InChI=1S/C20H20Cl2FN5O3/c1-12-20(22)15(9-23)25-28(12)11-19(30)27-5-3-26(4-6-27)16-8-18(31-2)14(21)7-13(16)17(29)10-24/h7-8H,3-6,9,11H2,1-2H3. The van der Waals surface area contributed by atoms with Gasteiger partial charge >= 0.3 is 0 Å². The lowest BCUT2D eigenvalue weighted by Crippen LogP contribution is -2.50. The number of ether oxygens (including phenoxy) is 1. The Hall–Kier alpha value is -2.83. The molecule has 31 heavy (non-hydrogen) atoms. The van der Waals surface area contributed by atoms with Gasteiger partial charge in [-0.3, -0.25) is 14.3 Å². The Balaban J connectivity index is 1.73. The molecule has 8 nitrogen and oxygen atoms in total. The Morgan fingerprint density at radius 1 is 1.26 bits per heavy atom. The summed E-state index contributed by atoms with van der Waals surface area (Å²) < 4.78 is 19.6. The topological polar surface area (TPSA) is 91.5 Å². The molecule has 1 aromatic carbocycles. The van der Waals surface area contributed by atoms with Crippen molar-refractivity contribution in [3.63, 3.8) is 0 Å². The molecule has 1 saturated heterocycles. The fraction of sp³-hybridized carbons (Fsp3) is 0.400. The summed E-state index contributed by atoms with van der Waals surface area (Å²) in [5.41, 5.74) is 1.37. The van der Waals surface area contributed by atoms with Crippen LogP contribution in [0.3, 0.4) is 0 Å². The highest BCUT2D eigenvalue weighted by Gasteiger charge is 2.26. The summed E-state index contributed by atoms with van der Waals surface area (Å²) in [4.78, 5) is 28.4. The van der Waals surface area contributed by atoms with Crippen LogP contribution >= 0.6 is 23.2 Å². The number of Topliss-reactive ketones (excluding diaryl/α,β-unsaturated/α-hetero) is 1. The molecule has 0 spiro atoms. The Morgan fingerprint density at radius 3 is 2.48 bits per heavy atom. The van der Waals surface area contributed by atoms with Gasteiger partial charge in [0.2, 0.25) is 5.91 Å². The minimum Gasteiger partial charge on any atom is -0.495 e. The third-order valence-corrected chi connectivity index (χ3v) is 5.99. The van der Waals surface area contributed by atoms with Gasteiger partial charge in [0.1, 0.15) is 30.7 Å². The lowest BCUT2D eigenvalue weighted by molar-refractivity contribution is -0.132. The minimum absolute atomic E-state index is 0.0432. The third kappa shape index (κ3) is 4.60. The molecule has 11 heteroatoms. The third-order valence-electron chi connectivity index (χ3n) is 5.20. The molecule has 0 atom stereocenters. The second-order valence-corrected chi connectivity index (χ2v) is 7.74. The SMILES string of the molecule is COc1cc(N2CCN(C(=O)Cn3nc(CF)c(Cl)c3C)CC2)c(C(=O)C#N)cc1Cl. The first kappa shape index (κ1) is 22.8. The number of methoxy groups -OCH3 is 1. The number of carbonyl (C=O) groups is 2. The van der Waals surface area contributed by atoms with Crippen molar-refractivity contribution >= 4 is 40.6 Å². The summed E-state index contributed by atoms with van der Waals surface area (Å²) in [6.45, 7) is 2.52. The van der Waals surface area contributed by atoms with E-state index in [1.54, 1.807) is 24.0 Å². The Labute approximate surface area is 188 Å². The van der Waals surface area contributed by atoms with E-state index >= 15 is 0 Å². The number of rotatable bonds is 6. The number of aromatic nitrogens is 2. The van der Waals surface area contributed by atoms with E-state index in [9.17, 15) is 14.0 Å². The highest BCUT2D eigenvalue weighted by atomic mass is 35.5. The summed E-state index contributed by atoms with van der Waals surface area (Å²) >= 11 is 12.2. The second-order valence-electron chi connectivity index (χ2n) is 6.95. The maximum atomic E-state index is 12.9. The van der Waals surface area contributed by atoms with Crippen molar-refractivity contribution in [1.29, 1.82) is 5.26 Å². The quantitative estimate of drug-likeness (QED) is 0.478. The smallest absolute Gasteiger partial charge is 0.264 e. The largest absolute Gasteiger partial charge is 0.495 e. The summed E-state index contributed by atoms with van der Waals surface area (Å²) in [6.07, 6.45) is 0. The van der Waals surface area contributed by atoms with E-state index in [1.807, 2.05) is 4.90 Å². The highest BCUT2D eigenvalue weighted by Crippen LogP contribution is 2.34. The van der Waals surface area contributed by atoms with Crippen molar-refractivity contribution in [2.75, 3.05) is 38.2 Å². The van der Waals surface area contributed by atoms with Crippen LogP contribution in [0.1, 0.15) is 21.7 Å². The van der Waals surface area contributed by atoms with Gasteiger partial charge in [0.15, 0.2) is 0 Å². The van der Waals surface area contributed by atoms with Crippen molar-refractivity contribution in [3.8, 4) is 11.8 Å². The maximum Gasteiger partial charge on any atom is 0.264 e. The number of ketones is 1. The van der Waals surface area contributed by atoms with Gasteiger partial charge in [0.05, 0.1) is 34.1 Å². The molecule has 1 fully saturated rings. The monoisotopic (exact) mass is 467 g/mol. The fourth-order valence-electron chi connectivity index (χ4n) is 3.45. The molecule has 1 aromatic heterocycles. The number of hydrogen-bond acceptors (Lipinski definition) is 6. The molecular weight excluding hydrogens is 448 g/mol. The van der Waals surface area contributed by atoms with E-state index in [-0.39, 0.29) is 33.8 Å². The molecule has 1 aliphatic heterocycles. The van der Waals surface area contributed by atoms with Crippen molar-refractivity contribution in [3.05, 3.63) is 39.1 Å². The number of benzene rings is 1. The molecule has 0 radical (unpaired) electrons. The van der Waals surface area contributed by atoms with E-state index in [2.05, 4.69) is 5.10 Å². The molecule has 2 heterocycles. The molecule has 0 unspecified atom stereocenters. The molecule has 0 aliphatic carbocycles. The number of anilines is 1. The minimum atomic E-state index is -0.798. The number of nitrogens with zero attached hydrogens (tertiary/aromatic N) is 5. The van der Waals surface area contributed by atoms with Gasteiger partial charge in [-0.15, -0.1) is 0 Å². The summed E-state index contributed by atoms with van der Waals surface area (Å²) in [7, 11) is 1.46. The van der Waals surface area contributed by atoms with Gasteiger partial charge in [0.25, 0.3) is 5.78 Å². The zero-order valence-electron chi connectivity index (χ0n) is 17.0. The number of halogens is 3. The van der Waals surface area contributed by atoms with Crippen LogP contribution in [0, 0.1) is 18.3 Å². The average Bonchev–Trinajstić information content (AvgIpc) is 3.06. The second kappa shape index (κ2) is 9.54. The Bertz CT molecular complexity index is 1060. The zero-order valence-corrected chi connectivity index (χ0v) is 18.5. The Morgan fingerprint density at radius 2 is 1.94 bits per heavy atom. The number of nitriles is 1. The van der Waals surface area contributed by atoms with Crippen LogP contribution in [-0.2, 0) is 18.0 Å². The van der Waals surface area contributed by atoms with E-state index in [4.69, 9.17) is 33.2 Å². The number of piperazine rings is 1. The molecule has 164 valence electrons. The van der Waals surface area contributed by atoms with Gasteiger partial charge in [-0.1, -0.05) is 23.2 Å². The highest BCUT2D eigenvalue weighted by molar-refractivity contribution is 6.33. The first-order valence-electron chi connectivity index (χ1n) is 9.43. The average molecular weight is 468 g/mol. The zero-order chi connectivity index (χ0) is 22.7. The van der Waals surface area contributed by atoms with E-state index < -0.39 is 12.5 Å². The van der Waals surface area contributed by atoms with Crippen molar-refractivity contribution in [1.82, 2.24) is 14.7 Å². The summed E-state index contributed by atoms with van der Waals surface area (Å²) in [6, 6.07) is 4.66. The lowest BCUT2D eigenvalue weighted by Gasteiger charge is -2.37. The molecule has 0 saturated carbocycles. The molecule has 1 aliphatic rings. The Kier molecular flexibility index (Phi) is 7.03. The molecule has 0 bridgehead atoms. The van der Waals surface area contributed by atoms with Crippen molar-refractivity contribution in [2.45, 2.75) is 20.1 Å². The van der Waals surface area contributed by atoms with Gasteiger partial charge in [-0.2, -0.15) is 10.4 Å². The van der Waals surface area contributed by atoms with Gasteiger partial charge in [0, 0.05) is 32.2 Å². The van der Waals surface area contributed by atoms with Crippen LogP contribution in [0.15, 0.2) is 12.1 Å². The predicted octanol–water partition coefficient (Wildman–Crippen LogP) is 3.03. The van der Waals surface area contributed by atoms with Crippen LogP contribution in [0.25, 0.3) is 0 Å². The summed E-state index contributed by atoms with van der Waals surface area (Å²) in [5, 5.41) is 13.6. The first-order chi connectivity index (χ1) is 14.8. The molecular formula is C20H20Cl2FN5O3. The van der Waals surface area contributed by atoms with Crippen LogP contribution in [0.2, 0.25) is 10.0 Å². The maximum absolute atomic E-state index is 12.9. The van der Waals surface area contributed by atoms with Crippen molar-refractivity contribution < 1.29 is 18.7 Å². The molecule has 0 N–H and O–H groups in total. The number of amides is 1. The fourth-order valence-corrected chi connectivity index (χ4v) is 3.88.